The van der Waals surface area contributed by atoms with E-state index in [1.54, 1.807) is 0 Å². The first kappa shape index (κ1) is 32.1. The van der Waals surface area contributed by atoms with Crippen molar-refractivity contribution in [3.05, 3.63) is 93.0 Å². The molecule has 3 aliphatic heterocycles. The molecule has 0 aliphatic carbocycles. The molecule has 3 atom stereocenters. The van der Waals surface area contributed by atoms with Gasteiger partial charge in [-0.25, -0.2) is 13.6 Å². The predicted octanol–water partition coefficient (Wildman–Crippen LogP) is 5.00. The number of morpholine rings is 1. The Kier molecular flexibility index (Phi) is 8.24. The molecule has 246 valence electrons. The van der Waals surface area contributed by atoms with E-state index in [1.165, 1.54) is 44.4 Å². The minimum absolute atomic E-state index is 0.00332. The van der Waals surface area contributed by atoms with Gasteiger partial charge in [-0.2, -0.15) is 13.2 Å². The van der Waals surface area contributed by atoms with Gasteiger partial charge in [-0.3, -0.25) is 14.6 Å². The molecule has 0 spiro atoms. The maximum atomic E-state index is 15.2. The Balaban J connectivity index is 1.32. The lowest BCUT2D eigenvalue weighted by molar-refractivity contribution is -0.139. The zero-order valence-electron chi connectivity index (χ0n) is 25.2. The van der Waals surface area contributed by atoms with Gasteiger partial charge in [0.15, 0.2) is 0 Å². The van der Waals surface area contributed by atoms with Crippen molar-refractivity contribution < 1.29 is 41.4 Å². The van der Waals surface area contributed by atoms with Crippen molar-refractivity contribution >= 4 is 28.5 Å². The number of fused-ring (bicyclic) bond motifs is 4. The molecular formula is C33H29F5N4O5. The number of carboxylic acid groups (broad SMARTS) is 1. The molecule has 1 amide bonds. The fourth-order valence-electron chi connectivity index (χ4n) is 6.38. The summed E-state index contributed by atoms with van der Waals surface area (Å²) in [5.74, 6) is -5.14. The van der Waals surface area contributed by atoms with Gasteiger partial charge < -0.3 is 24.6 Å². The molecule has 3 saturated heterocycles. The standard InChI is InChI=1S/C33H29F5N4O5/c1-16-10-23(33(36,37)38)27(31(44)41(16)2)22-8-5-17(21-4-3-9-39-29(21)22)11-26(32(45)46)40-30(43)28-24(34)12-19(13-25(28)35)42-14-20-7-6-18(42)15-47-20/h3-5,8-10,12-13,18,20,26H,6-7,11,14-15H2,1-2H3,(H,40,43)(H,45,46)/t18?,20?,26-/m0/s1. The first-order chi connectivity index (χ1) is 22.2. The van der Waals surface area contributed by atoms with Gasteiger partial charge in [-0.15, -0.1) is 0 Å². The molecule has 4 aromatic rings. The van der Waals surface area contributed by atoms with Crippen LogP contribution in [0.3, 0.4) is 0 Å². The third kappa shape index (κ3) is 5.93. The summed E-state index contributed by atoms with van der Waals surface area (Å²) in [5, 5.41) is 12.4. The van der Waals surface area contributed by atoms with E-state index in [0.717, 1.165) is 35.6 Å². The van der Waals surface area contributed by atoms with Gasteiger partial charge in [0.2, 0.25) is 0 Å². The van der Waals surface area contributed by atoms with Crippen molar-refractivity contribution in [3.8, 4) is 11.1 Å². The fraction of sp³-hybridized carbons (Fsp3) is 0.333. The van der Waals surface area contributed by atoms with Crippen molar-refractivity contribution in [2.75, 3.05) is 18.1 Å². The first-order valence-corrected chi connectivity index (χ1v) is 14.8. The van der Waals surface area contributed by atoms with E-state index in [1.807, 2.05) is 4.90 Å². The maximum Gasteiger partial charge on any atom is 0.417 e. The number of aryl methyl sites for hydroxylation is 1. The van der Waals surface area contributed by atoms with Crippen LogP contribution in [0, 0.1) is 18.6 Å². The Morgan fingerprint density at radius 2 is 1.85 bits per heavy atom. The lowest BCUT2D eigenvalue weighted by atomic mass is 9.93. The van der Waals surface area contributed by atoms with Crippen LogP contribution in [0.1, 0.15) is 40.0 Å². The number of amides is 1. The maximum absolute atomic E-state index is 15.2. The van der Waals surface area contributed by atoms with E-state index >= 15 is 8.78 Å². The smallest absolute Gasteiger partial charge is 0.417 e. The lowest BCUT2D eigenvalue weighted by Crippen LogP contribution is -2.54. The molecular weight excluding hydrogens is 627 g/mol. The SMILES string of the molecule is Cc1cc(C(F)(F)F)c(-c2ccc(C[C@H](NC(=O)c3c(F)cc(N4CC5CCC4CO5)cc3F)C(=O)O)c3cccnc23)c(=O)n1C. The van der Waals surface area contributed by atoms with E-state index < -0.39 is 64.4 Å². The summed E-state index contributed by atoms with van der Waals surface area (Å²) in [6.07, 6.45) is -2.38. The fourth-order valence-corrected chi connectivity index (χ4v) is 6.38. The van der Waals surface area contributed by atoms with Crippen LogP contribution in [0.25, 0.3) is 22.0 Å². The van der Waals surface area contributed by atoms with Crippen LogP contribution in [0.5, 0.6) is 0 Å². The Hall–Kier alpha value is -4.85. The third-order valence-corrected chi connectivity index (χ3v) is 8.91. The predicted molar refractivity (Wildman–Crippen MR) is 161 cm³/mol. The van der Waals surface area contributed by atoms with Crippen LogP contribution in [-0.2, 0) is 29.2 Å². The number of aromatic nitrogens is 2. The Morgan fingerprint density at radius 1 is 1.13 bits per heavy atom. The summed E-state index contributed by atoms with van der Waals surface area (Å²) in [7, 11) is 1.34. The highest BCUT2D eigenvalue weighted by Gasteiger charge is 2.38. The highest BCUT2D eigenvalue weighted by Crippen LogP contribution is 2.39. The second kappa shape index (κ2) is 12.1. The van der Waals surface area contributed by atoms with Gasteiger partial charge >= 0.3 is 12.1 Å². The Morgan fingerprint density at radius 3 is 2.45 bits per heavy atom. The molecule has 0 saturated carbocycles. The minimum Gasteiger partial charge on any atom is -0.480 e. The molecule has 7 rings (SSSR count). The second-order valence-electron chi connectivity index (χ2n) is 11.8. The zero-order chi connectivity index (χ0) is 33.8. The minimum atomic E-state index is -4.86. The molecule has 2 bridgehead atoms. The quantitative estimate of drug-likeness (QED) is 0.269. The molecule has 2 aromatic carbocycles. The molecule has 47 heavy (non-hydrogen) atoms. The first-order valence-electron chi connectivity index (χ1n) is 14.8. The number of benzene rings is 2. The van der Waals surface area contributed by atoms with Crippen LogP contribution in [0.2, 0.25) is 0 Å². The molecule has 2 unspecified atom stereocenters. The summed E-state index contributed by atoms with van der Waals surface area (Å²) in [5.41, 5.74) is -3.15. The second-order valence-corrected chi connectivity index (χ2v) is 11.8. The van der Waals surface area contributed by atoms with Crippen molar-refractivity contribution in [1.29, 1.82) is 0 Å². The monoisotopic (exact) mass is 656 g/mol. The number of carbonyl (C=O) groups is 2. The van der Waals surface area contributed by atoms with Gasteiger partial charge in [0.25, 0.3) is 11.5 Å². The summed E-state index contributed by atoms with van der Waals surface area (Å²) in [6.45, 7) is 2.25. The molecule has 5 heterocycles. The number of anilines is 1. The lowest BCUT2D eigenvalue weighted by Gasteiger charge is -2.46. The number of halogens is 5. The summed E-state index contributed by atoms with van der Waals surface area (Å²) in [4.78, 5) is 44.6. The van der Waals surface area contributed by atoms with Crippen LogP contribution in [-0.4, -0.2) is 57.9 Å². The molecule has 2 N–H and O–H groups in total. The van der Waals surface area contributed by atoms with Crippen LogP contribution in [0.15, 0.2) is 53.5 Å². The number of carbonyl (C=O) groups excluding carboxylic acids is 1. The highest BCUT2D eigenvalue weighted by atomic mass is 19.4. The Labute approximate surface area is 264 Å². The van der Waals surface area contributed by atoms with Gasteiger partial charge in [-0.05, 0) is 49.6 Å². The van der Waals surface area contributed by atoms with E-state index in [2.05, 4.69) is 10.3 Å². The number of pyridine rings is 2. The number of ether oxygens (including phenoxy) is 1. The average molecular weight is 657 g/mol. The van der Waals surface area contributed by atoms with Gasteiger partial charge in [0, 0.05) is 48.5 Å². The number of piperidine rings is 1. The number of rotatable bonds is 7. The number of hydrogen-bond donors (Lipinski definition) is 2. The molecule has 3 fully saturated rings. The molecule has 3 aliphatic rings. The van der Waals surface area contributed by atoms with Crippen molar-refractivity contribution in [1.82, 2.24) is 14.9 Å². The van der Waals surface area contributed by atoms with E-state index in [-0.39, 0.29) is 45.6 Å². The number of carboxylic acids is 1. The molecule has 2 aromatic heterocycles. The van der Waals surface area contributed by atoms with Gasteiger partial charge in [0.05, 0.1) is 35.4 Å². The van der Waals surface area contributed by atoms with Gasteiger partial charge in [0.1, 0.15) is 23.2 Å². The van der Waals surface area contributed by atoms with Crippen molar-refractivity contribution in [2.24, 2.45) is 7.05 Å². The van der Waals surface area contributed by atoms with E-state index in [4.69, 9.17) is 4.74 Å². The largest absolute Gasteiger partial charge is 0.480 e. The zero-order valence-corrected chi connectivity index (χ0v) is 25.2. The average Bonchev–Trinajstić information content (AvgIpc) is 3.03. The van der Waals surface area contributed by atoms with Crippen LogP contribution < -0.4 is 15.8 Å². The number of nitrogens with one attached hydrogen (secondary N) is 1. The topological polar surface area (TPSA) is 114 Å². The van der Waals surface area contributed by atoms with E-state index in [9.17, 15) is 32.7 Å². The van der Waals surface area contributed by atoms with E-state index in [0.29, 0.717) is 13.2 Å². The van der Waals surface area contributed by atoms with Crippen molar-refractivity contribution in [2.45, 2.75) is 50.6 Å². The van der Waals surface area contributed by atoms with Crippen molar-refractivity contribution in [3.63, 3.8) is 0 Å². The Bertz CT molecular complexity index is 1950. The summed E-state index contributed by atoms with van der Waals surface area (Å²) < 4.78 is 79.5. The number of alkyl halides is 3. The van der Waals surface area contributed by atoms with Gasteiger partial charge in [-0.1, -0.05) is 18.2 Å². The molecule has 14 heteroatoms. The third-order valence-electron chi connectivity index (χ3n) is 8.91. The molecule has 0 radical (unpaired) electrons. The normalized spacial score (nSPS) is 18.4. The number of aliphatic carboxylic acids is 1. The van der Waals surface area contributed by atoms with Crippen LogP contribution in [0.4, 0.5) is 27.6 Å². The summed E-state index contributed by atoms with van der Waals surface area (Å²) >= 11 is 0. The number of nitrogens with zero attached hydrogens (tertiary/aromatic N) is 3. The molecule has 9 nitrogen and oxygen atoms in total. The summed E-state index contributed by atoms with van der Waals surface area (Å²) in [6, 6.07) is 6.75. The number of hydrogen-bond acceptors (Lipinski definition) is 6. The van der Waals surface area contributed by atoms with Crippen LogP contribution >= 0.6 is 0 Å². The highest BCUT2D eigenvalue weighted by molar-refractivity contribution is 5.99.